The van der Waals surface area contributed by atoms with Gasteiger partial charge in [-0.1, -0.05) is 0 Å². The van der Waals surface area contributed by atoms with E-state index in [0.717, 1.165) is 6.42 Å². The highest BCUT2D eigenvalue weighted by atomic mass is 32.2. The van der Waals surface area contributed by atoms with Crippen LogP contribution in [0, 0.1) is 0 Å². The lowest BCUT2D eigenvalue weighted by molar-refractivity contribution is -0.147. The predicted octanol–water partition coefficient (Wildman–Crippen LogP) is 0.670. The third-order valence-electron chi connectivity index (χ3n) is 4.36. The van der Waals surface area contributed by atoms with E-state index < -0.39 is 5.54 Å². The highest BCUT2D eigenvalue weighted by Gasteiger charge is 2.54. The van der Waals surface area contributed by atoms with Crippen molar-refractivity contribution in [3.63, 3.8) is 0 Å². The molecule has 0 bridgehead atoms. The lowest BCUT2D eigenvalue weighted by atomic mass is 10.0. The van der Waals surface area contributed by atoms with Crippen LogP contribution in [0.2, 0.25) is 0 Å². The molecule has 2 aliphatic heterocycles. The number of carbonyl (C=O) groups excluding carboxylic acids is 2. The van der Waals surface area contributed by atoms with Gasteiger partial charge >= 0.3 is 0 Å². The van der Waals surface area contributed by atoms with Gasteiger partial charge in [-0.05, 0) is 27.2 Å². The van der Waals surface area contributed by atoms with Gasteiger partial charge in [0.15, 0.2) is 0 Å². The quantitative estimate of drug-likeness (QED) is 0.828. The van der Waals surface area contributed by atoms with E-state index in [9.17, 15) is 14.7 Å². The topological polar surface area (TPSA) is 60.9 Å². The van der Waals surface area contributed by atoms with Crippen molar-refractivity contribution < 1.29 is 14.7 Å². The monoisotopic (exact) mass is 286 g/mol. The maximum Gasteiger partial charge on any atom is 0.246 e. The van der Waals surface area contributed by atoms with Crippen LogP contribution >= 0.6 is 11.8 Å². The van der Waals surface area contributed by atoms with E-state index in [2.05, 4.69) is 0 Å². The fourth-order valence-electron chi connectivity index (χ4n) is 2.63. The normalized spacial score (nSPS) is 30.7. The molecular weight excluding hydrogens is 264 g/mol. The summed E-state index contributed by atoms with van der Waals surface area (Å²) < 4.78 is 0. The highest BCUT2D eigenvalue weighted by Crippen LogP contribution is 2.47. The van der Waals surface area contributed by atoms with Crippen molar-refractivity contribution in [3.8, 4) is 0 Å². The van der Waals surface area contributed by atoms with Crippen LogP contribution in [-0.2, 0) is 9.59 Å². The van der Waals surface area contributed by atoms with Crippen LogP contribution in [0.15, 0.2) is 0 Å². The smallest absolute Gasteiger partial charge is 0.246 e. The highest BCUT2D eigenvalue weighted by molar-refractivity contribution is 8.01. The second-order valence-corrected chi connectivity index (χ2v) is 7.63. The van der Waals surface area contributed by atoms with Crippen molar-refractivity contribution in [2.75, 3.05) is 19.4 Å². The fraction of sp³-hybridized carbons (Fsp3) is 0.846. The van der Waals surface area contributed by atoms with Gasteiger partial charge in [0.05, 0.1) is 17.0 Å². The minimum Gasteiger partial charge on any atom is -0.394 e. The van der Waals surface area contributed by atoms with Crippen molar-refractivity contribution >= 4 is 23.6 Å². The molecule has 1 N–H and O–H groups in total. The van der Waals surface area contributed by atoms with E-state index in [4.69, 9.17) is 0 Å². The van der Waals surface area contributed by atoms with E-state index in [1.54, 1.807) is 28.6 Å². The molecule has 0 spiro atoms. The number of rotatable bonds is 3. The molecule has 0 radical (unpaired) electrons. The Bertz CT molecular complexity index is 413. The van der Waals surface area contributed by atoms with Crippen molar-refractivity contribution in [2.24, 2.45) is 0 Å². The molecule has 0 aromatic heterocycles. The minimum atomic E-state index is -0.608. The molecule has 0 aromatic rings. The molecular formula is C13H22N2O3S. The summed E-state index contributed by atoms with van der Waals surface area (Å²) in [6.45, 7) is 5.57. The van der Waals surface area contributed by atoms with Gasteiger partial charge in [0, 0.05) is 19.2 Å². The average molecular weight is 286 g/mol. The Morgan fingerprint density at radius 3 is 2.84 bits per heavy atom. The van der Waals surface area contributed by atoms with Crippen LogP contribution in [0.25, 0.3) is 0 Å². The number of hydrogen-bond acceptors (Lipinski definition) is 4. The number of likely N-dealkylation sites (N-methyl/N-ethyl adjacent to an activating group) is 1. The van der Waals surface area contributed by atoms with Crippen molar-refractivity contribution in [2.45, 2.75) is 50.1 Å². The number of thioether (sulfide) groups is 1. The van der Waals surface area contributed by atoms with Gasteiger partial charge < -0.3 is 14.9 Å². The van der Waals surface area contributed by atoms with Crippen molar-refractivity contribution in [1.82, 2.24) is 9.80 Å². The second-order valence-electron chi connectivity index (χ2n) is 6.13. The van der Waals surface area contributed by atoms with Gasteiger partial charge in [0.1, 0.15) is 6.04 Å². The average Bonchev–Trinajstić information content (AvgIpc) is 2.85. The first kappa shape index (κ1) is 14.7. The third-order valence-corrected chi connectivity index (χ3v) is 5.86. The summed E-state index contributed by atoms with van der Waals surface area (Å²) in [5, 5.41) is 9.37. The maximum atomic E-state index is 12.6. The Labute approximate surface area is 118 Å². The molecule has 0 aliphatic carbocycles. The molecule has 2 fully saturated rings. The van der Waals surface area contributed by atoms with Gasteiger partial charge in [-0.3, -0.25) is 9.59 Å². The molecule has 5 nitrogen and oxygen atoms in total. The Morgan fingerprint density at radius 1 is 1.63 bits per heavy atom. The summed E-state index contributed by atoms with van der Waals surface area (Å²) >= 11 is 1.69. The Kier molecular flexibility index (Phi) is 3.60. The Balaban J connectivity index is 2.19. The number of aliphatic hydroxyl groups is 1. The van der Waals surface area contributed by atoms with Gasteiger partial charge in [0.2, 0.25) is 11.8 Å². The molecule has 0 aromatic carbocycles. The van der Waals surface area contributed by atoms with Crippen molar-refractivity contribution in [1.29, 1.82) is 0 Å². The zero-order chi connectivity index (χ0) is 14.4. The van der Waals surface area contributed by atoms with Gasteiger partial charge in [-0.15, -0.1) is 11.8 Å². The number of amides is 2. The van der Waals surface area contributed by atoms with Crippen LogP contribution < -0.4 is 0 Å². The number of nitrogens with zero attached hydrogens (tertiary/aromatic N) is 2. The molecule has 2 heterocycles. The molecule has 108 valence electrons. The molecule has 2 atom stereocenters. The number of hydrogen-bond donors (Lipinski definition) is 1. The van der Waals surface area contributed by atoms with E-state index >= 15 is 0 Å². The summed E-state index contributed by atoms with van der Waals surface area (Å²) in [6, 6.07) is -0.388. The first-order valence-corrected chi connectivity index (χ1v) is 7.56. The largest absolute Gasteiger partial charge is 0.394 e. The number of aliphatic hydroxyl groups excluding tert-OH is 1. The first-order chi connectivity index (χ1) is 8.73. The van der Waals surface area contributed by atoms with E-state index in [0.29, 0.717) is 12.2 Å². The predicted molar refractivity (Wildman–Crippen MR) is 74.7 cm³/mol. The van der Waals surface area contributed by atoms with Gasteiger partial charge in [-0.25, -0.2) is 0 Å². The van der Waals surface area contributed by atoms with Gasteiger partial charge in [0.25, 0.3) is 0 Å². The maximum absolute atomic E-state index is 12.6. The Hall–Kier alpha value is -0.750. The minimum absolute atomic E-state index is 0.0704. The summed E-state index contributed by atoms with van der Waals surface area (Å²) in [4.78, 5) is 27.7. The molecule has 19 heavy (non-hydrogen) atoms. The summed E-state index contributed by atoms with van der Waals surface area (Å²) in [7, 11) is 1.69. The SMILES string of the molecule is CN(C(=O)C1CSC2(C)CCC(=O)N12)C(C)(C)CO. The van der Waals surface area contributed by atoms with Crippen LogP contribution in [0.4, 0.5) is 0 Å². The lowest BCUT2D eigenvalue weighted by Crippen LogP contribution is -2.56. The molecule has 2 saturated heterocycles. The number of fused-ring (bicyclic) bond motifs is 1. The van der Waals surface area contributed by atoms with Crippen LogP contribution in [0.5, 0.6) is 0 Å². The van der Waals surface area contributed by atoms with E-state index in [1.807, 2.05) is 20.8 Å². The second kappa shape index (κ2) is 4.66. The number of carbonyl (C=O) groups is 2. The zero-order valence-corrected chi connectivity index (χ0v) is 12.8. The van der Waals surface area contributed by atoms with Crippen molar-refractivity contribution in [3.05, 3.63) is 0 Å². The summed E-state index contributed by atoms with van der Waals surface area (Å²) in [5.41, 5.74) is -0.608. The molecule has 2 rings (SSSR count). The van der Waals surface area contributed by atoms with Crippen LogP contribution in [0.3, 0.4) is 0 Å². The van der Waals surface area contributed by atoms with E-state index in [-0.39, 0.29) is 29.3 Å². The Morgan fingerprint density at radius 2 is 2.26 bits per heavy atom. The van der Waals surface area contributed by atoms with Crippen LogP contribution in [0.1, 0.15) is 33.6 Å². The summed E-state index contributed by atoms with van der Waals surface area (Å²) in [6.07, 6.45) is 1.34. The van der Waals surface area contributed by atoms with Gasteiger partial charge in [-0.2, -0.15) is 0 Å². The molecule has 2 amide bonds. The summed E-state index contributed by atoms with van der Waals surface area (Å²) in [5.74, 6) is 0.638. The lowest BCUT2D eigenvalue weighted by Gasteiger charge is -2.38. The molecule has 6 heteroatoms. The third kappa shape index (κ3) is 2.25. The first-order valence-electron chi connectivity index (χ1n) is 6.57. The molecule has 2 unspecified atom stereocenters. The molecule has 0 saturated carbocycles. The standard InChI is InChI=1S/C13H22N2O3S/c1-12(2,8-16)14(4)11(18)9-7-19-13(3)6-5-10(17)15(9)13/h9,16H,5-8H2,1-4H3. The fourth-order valence-corrected chi connectivity index (χ4v) is 4.05. The van der Waals surface area contributed by atoms with E-state index in [1.165, 1.54) is 0 Å². The van der Waals surface area contributed by atoms with Crippen LogP contribution in [-0.4, -0.2) is 62.6 Å². The molecule has 2 aliphatic rings. The zero-order valence-electron chi connectivity index (χ0n) is 12.0.